The highest BCUT2D eigenvalue weighted by Gasteiger charge is 2.49. The molecule has 0 atom stereocenters. The monoisotopic (exact) mass is 214 g/mol. The number of carbonyl (C=O) groups is 2. The van der Waals surface area contributed by atoms with Gasteiger partial charge >= 0.3 is 24.3 Å². The van der Waals surface area contributed by atoms with Crippen molar-refractivity contribution in [1.29, 1.82) is 0 Å². The molecule has 9 heteroatoms. The molecule has 0 rings (SSSR count). The summed E-state index contributed by atoms with van der Waals surface area (Å²) in [6.07, 6.45) is -11.2. The van der Waals surface area contributed by atoms with Gasteiger partial charge in [-0.05, 0) is 0 Å². The molecular weight excluding hydrogens is 214 g/mol. The minimum Gasteiger partial charge on any atom is -0.380 e. The third kappa shape index (κ3) is 3.76. The van der Waals surface area contributed by atoms with Crippen LogP contribution < -0.4 is 0 Å². The van der Waals surface area contributed by atoms with Gasteiger partial charge in [-0.1, -0.05) is 0 Å². The molecule has 0 aromatic rings. The molecule has 0 radical (unpaired) electrons. The van der Waals surface area contributed by atoms with Crippen LogP contribution in [-0.2, 0) is 14.3 Å². The molecule has 0 heterocycles. The van der Waals surface area contributed by atoms with Gasteiger partial charge in [0.2, 0.25) is 0 Å². The van der Waals surface area contributed by atoms with Gasteiger partial charge in [-0.3, -0.25) is 0 Å². The quantitative estimate of drug-likeness (QED) is 0.263. The molecule has 0 fully saturated rings. The third-order valence-electron chi connectivity index (χ3n) is 0.648. The molecule has 0 aliphatic heterocycles. The fraction of sp³-hybridized carbons (Fsp3) is 0.500. The van der Waals surface area contributed by atoms with Crippen molar-refractivity contribution in [3.05, 3.63) is 0 Å². The van der Waals surface area contributed by atoms with E-state index in [0.717, 1.165) is 0 Å². The Labute approximate surface area is 66.3 Å². The van der Waals surface area contributed by atoms with Gasteiger partial charge in [0, 0.05) is 0 Å². The van der Waals surface area contributed by atoms with Gasteiger partial charge in [0.05, 0.1) is 0 Å². The summed E-state index contributed by atoms with van der Waals surface area (Å²) in [6, 6.07) is 0. The van der Waals surface area contributed by atoms with E-state index in [9.17, 15) is 35.9 Å². The largest absolute Gasteiger partial charge is 0.491 e. The maximum absolute atomic E-state index is 11.2. The predicted molar refractivity (Wildman–Crippen MR) is 23.2 cm³/mol. The molecule has 0 saturated carbocycles. The SMILES string of the molecule is O=[13C](O[13C](=O)[13C](F)(F)F)[13C](F)(F)F. The van der Waals surface area contributed by atoms with Crippen LogP contribution in [0.4, 0.5) is 26.3 Å². The second-order valence-corrected chi connectivity index (χ2v) is 1.67. The van der Waals surface area contributed by atoms with Gasteiger partial charge in [0.15, 0.2) is 0 Å². The summed E-state index contributed by atoms with van der Waals surface area (Å²) >= 11 is 0. The number of alkyl halides is 6. The molecule has 0 spiro atoms. The highest BCUT2D eigenvalue weighted by Crippen LogP contribution is 2.21. The Morgan fingerprint density at radius 1 is 0.769 bits per heavy atom. The van der Waals surface area contributed by atoms with E-state index in [4.69, 9.17) is 0 Å². The van der Waals surface area contributed by atoms with Crippen molar-refractivity contribution >= 4 is 11.9 Å². The average molecular weight is 214 g/mol. The summed E-state index contributed by atoms with van der Waals surface area (Å²) in [5.74, 6) is -6.40. The second-order valence-electron chi connectivity index (χ2n) is 1.67. The van der Waals surface area contributed by atoms with E-state index < -0.39 is 24.3 Å². The predicted octanol–water partition coefficient (Wildman–Crippen LogP) is 1.18. The van der Waals surface area contributed by atoms with Gasteiger partial charge in [0.1, 0.15) is 0 Å². The Bertz CT molecular complexity index is 201. The van der Waals surface area contributed by atoms with E-state index in [1.165, 1.54) is 0 Å². The van der Waals surface area contributed by atoms with Crippen molar-refractivity contribution in [2.24, 2.45) is 0 Å². The molecule has 0 N–H and O–H groups in total. The Morgan fingerprint density at radius 2 is 1.00 bits per heavy atom. The highest BCUT2D eigenvalue weighted by molar-refractivity contribution is 5.90. The average Bonchev–Trinajstić information content (AvgIpc) is 1.82. The first kappa shape index (κ1) is 11.7. The summed E-state index contributed by atoms with van der Waals surface area (Å²) < 4.78 is 69.7. The number of ether oxygens (including phenoxy) is 1. The summed E-state index contributed by atoms with van der Waals surface area (Å²) in [6.45, 7) is 0. The molecule has 0 aliphatic carbocycles. The Kier molecular flexibility index (Phi) is 2.91. The van der Waals surface area contributed by atoms with Crippen LogP contribution in [0.3, 0.4) is 0 Å². The molecule has 0 aromatic carbocycles. The van der Waals surface area contributed by atoms with Crippen molar-refractivity contribution in [3.8, 4) is 0 Å². The summed E-state index contributed by atoms with van der Waals surface area (Å²) in [5, 5.41) is 0. The molecule has 0 bridgehead atoms. The highest BCUT2D eigenvalue weighted by atomic mass is 19.5. The zero-order valence-electron chi connectivity index (χ0n) is 5.49. The first-order valence-corrected chi connectivity index (χ1v) is 2.45. The van der Waals surface area contributed by atoms with Crippen LogP contribution in [0, 0.1) is 0 Å². The molecule has 0 aliphatic rings. The Balaban J connectivity index is 4.34. The van der Waals surface area contributed by atoms with Crippen LogP contribution in [0.2, 0.25) is 0 Å². The van der Waals surface area contributed by atoms with Crippen molar-refractivity contribution in [2.45, 2.75) is 12.4 Å². The Hall–Kier alpha value is -1.28. The summed E-state index contributed by atoms with van der Waals surface area (Å²) in [4.78, 5) is 19.3. The van der Waals surface area contributed by atoms with Crippen molar-refractivity contribution < 1.29 is 40.7 Å². The van der Waals surface area contributed by atoms with E-state index in [2.05, 4.69) is 4.74 Å². The van der Waals surface area contributed by atoms with Crippen LogP contribution in [0.25, 0.3) is 0 Å². The molecule has 0 aromatic heterocycles. The van der Waals surface area contributed by atoms with E-state index >= 15 is 0 Å². The van der Waals surface area contributed by atoms with E-state index in [1.54, 1.807) is 0 Å². The number of hydrogen-bond acceptors (Lipinski definition) is 3. The van der Waals surface area contributed by atoms with E-state index in [0.29, 0.717) is 0 Å². The fourth-order valence-electron chi connectivity index (χ4n) is 0.200. The second kappa shape index (κ2) is 3.23. The van der Waals surface area contributed by atoms with Crippen LogP contribution >= 0.6 is 0 Å². The summed E-state index contributed by atoms with van der Waals surface area (Å²) in [5.41, 5.74) is 0. The number of hydrogen-bond donors (Lipinski definition) is 0. The lowest BCUT2D eigenvalue weighted by Crippen LogP contribution is -2.34. The van der Waals surface area contributed by atoms with Gasteiger partial charge in [-0.2, -0.15) is 26.3 Å². The van der Waals surface area contributed by atoms with Crippen molar-refractivity contribution in [3.63, 3.8) is 0 Å². The number of carbonyl (C=O) groups excluding carboxylic acids is 2. The summed E-state index contributed by atoms with van der Waals surface area (Å²) in [7, 11) is 0. The van der Waals surface area contributed by atoms with Crippen LogP contribution in [0.15, 0.2) is 0 Å². The normalized spacial score (nSPS) is 12.5. The number of esters is 2. The lowest BCUT2D eigenvalue weighted by molar-refractivity contribution is -0.221. The van der Waals surface area contributed by atoms with E-state index in [-0.39, 0.29) is 0 Å². The molecule has 3 nitrogen and oxygen atoms in total. The lowest BCUT2D eigenvalue weighted by atomic mass is 11.5. The van der Waals surface area contributed by atoms with Gasteiger partial charge in [-0.15, -0.1) is 0 Å². The van der Waals surface area contributed by atoms with Crippen molar-refractivity contribution in [1.82, 2.24) is 0 Å². The minimum atomic E-state index is -5.62. The van der Waals surface area contributed by atoms with Crippen molar-refractivity contribution in [2.75, 3.05) is 0 Å². The first-order valence-electron chi connectivity index (χ1n) is 2.45. The lowest BCUT2D eigenvalue weighted by Gasteiger charge is -2.06. The molecule has 0 unspecified atom stereocenters. The van der Waals surface area contributed by atoms with Gasteiger partial charge < -0.3 is 4.74 Å². The minimum absolute atomic E-state index is 2.45. The van der Waals surface area contributed by atoms with Gasteiger partial charge in [0.25, 0.3) is 0 Å². The van der Waals surface area contributed by atoms with E-state index in [1.807, 2.05) is 0 Å². The van der Waals surface area contributed by atoms with Crippen LogP contribution in [0.1, 0.15) is 0 Å². The smallest absolute Gasteiger partial charge is 0.380 e. The fourth-order valence-corrected chi connectivity index (χ4v) is 0.200. The molecule has 0 saturated heterocycles. The molecule has 13 heavy (non-hydrogen) atoms. The maximum Gasteiger partial charge on any atom is 0.491 e. The molecule has 76 valence electrons. The standard InChI is InChI=1S/C4F6O3/c5-3(6,7)1(11)13-2(12)4(8,9)10/i1+1,2+1,3+1,4+1. The maximum atomic E-state index is 11.2. The number of rotatable bonds is 0. The molecular formula is C4F6O3. The first-order chi connectivity index (χ1) is 5.55. The van der Waals surface area contributed by atoms with Gasteiger partial charge in [-0.25, -0.2) is 9.59 Å². The topological polar surface area (TPSA) is 43.4 Å². The number of halogens is 6. The van der Waals surface area contributed by atoms with Crippen LogP contribution in [-0.4, -0.2) is 24.3 Å². The Morgan fingerprint density at radius 3 is 1.15 bits per heavy atom. The zero-order chi connectivity index (χ0) is 10.9. The van der Waals surface area contributed by atoms with Crippen LogP contribution in [0.5, 0.6) is 0 Å². The molecule has 0 amide bonds. The zero-order valence-corrected chi connectivity index (χ0v) is 5.49. The third-order valence-corrected chi connectivity index (χ3v) is 0.648.